The summed E-state index contributed by atoms with van der Waals surface area (Å²) in [7, 11) is 0. The van der Waals surface area contributed by atoms with E-state index in [0.717, 1.165) is 12.8 Å². The Kier molecular flexibility index (Phi) is 3.04. The number of rotatable bonds is 3. The Hall–Kier alpha value is -1.32. The highest BCUT2D eigenvalue weighted by Crippen LogP contribution is 2.24. The quantitative estimate of drug-likeness (QED) is 0.819. The standard InChI is InChI=1S/C11H17N3O/c12-11-6-7-14(13-11)8-10(15)9-4-2-1-3-5-9/h6-7,9H,1-5,8H2,(H2,12,13). The molecule has 1 saturated carbocycles. The molecule has 1 aliphatic carbocycles. The lowest BCUT2D eigenvalue weighted by Gasteiger charge is -2.19. The van der Waals surface area contributed by atoms with Gasteiger partial charge in [0, 0.05) is 12.1 Å². The SMILES string of the molecule is Nc1ccn(CC(=O)C2CCCCC2)n1. The summed E-state index contributed by atoms with van der Waals surface area (Å²) in [6.45, 7) is 0.377. The first kappa shape index (κ1) is 10.2. The van der Waals surface area contributed by atoms with Gasteiger partial charge in [-0.3, -0.25) is 9.48 Å². The minimum absolute atomic E-state index is 0.254. The van der Waals surface area contributed by atoms with Crippen LogP contribution in [0.5, 0.6) is 0 Å². The maximum absolute atomic E-state index is 11.9. The number of aromatic nitrogens is 2. The van der Waals surface area contributed by atoms with Crippen molar-refractivity contribution in [3.05, 3.63) is 12.3 Å². The second kappa shape index (κ2) is 4.47. The van der Waals surface area contributed by atoms with E-state index in [2.05, 4.69) is 5.10 Å². The molecule has 1 aliphatic rings. The number of anilines is 1. The number of hydrogen-bond acceptors (Lipinski definition) is 3. The summed E-state index contributed by atoms with van der Waals surface area (Å²) < 4.78 is 1.63. The normalized spacial score (nSPS) is 17.9. The zero-order chi connectivity index (χ0) is 10.7. The van der Waals surface area contributed by atoms with E-state index in [4.69, 9.17) is 5.73 Å². The highest BCUT2D eigenvalue weighted by Gasteiger charge is 2.21. The predicted octanol–water partition coefficient (Wildman–Crippen LogP) is 1.61. The number of Topliss-reactive ketones (excluding diaryl/α,β-unsaturated/α-hetero) is 1. The fourth-order valence-electron chi connectivity index (χ4n) is 2.18. The molecule has 0 radical (unpaired) electrons. The molecule has 4 nitrogen and oxygen atoms in total. The van der Waals surface area contributed by atoms with Gasteiger partial charge in [0.25, 0.3) is 0 Å². The summed E-state index contributed by atoms with van der Waals surface area (Å²) in [5, 5.41) is 4.02. The fourth-order valence-corrected chi connectivity index (χ4v) is 2.18. The molecule has 0 amide bonds. The molecular weight excluding hydrogens is 190 g/mol. The van der Waals surface area contributed by atoms with Crippen molar-refractivity contribution in [3.63, 3.8) is 0 Å². The number of nitrogens with zero attached hydrogens (tertiary/aromatic N) is 2. The molecule has 1 aromatic heterocycles. The molecule has 0 aliphatic heterocycles. The molecule has 82 valence electrons. The van der Waals surface area contributed by atoms with Gasteiger partial charge < -0.3 is 5.73 Å². The van der Waals surface area contributed by atoms with E-state index in [1.807, 2.05) is 0 Å². The van der Waals surface area contributed by atoms with Crippen molar-refractivity contribution in [2.24, 2.45) is 5.92 Å². The van der Waals surface area contributed by atoms with Crippen molar-refractivity contribution >= 4 is 11.6 Å². The van der Waals surface area contributed by atoms with Crippen molar-refractivity contribution in [2.75, 3.05) is 5.73 Å². The molecular formula is C11H17N3O. The van der Waals surface area contributed by atoms with Crippen LogP contribution >= 0.6 is 0 Å². The number of carbonyl (C=O) groups is 1. The van der Waals surface area contributed by atoms with Crippen LogP contribution in [0.3, 0.4) is 0 Å². The first-order valence-electron chi connectivity index (χ1n) is 5.57. The molecule has 1 fully saturated rings. The first-order chi connectivity index (χ1) is 7.25. The van der Waals surface area contributed by atoms with Crippen LogP contribution in [0.15, 0.2) is 12.3 Å². The van der Waals surface area contributed by atoms with Gasteiger partial charge in [0.15, 0.2) is 5.78 Å². The molecule has 0 saturated heterocycles. The summed E-state index contributed by atoms with van der Waals surface area (Å²) in [4.78, 5) is 11.9. The van der Waals surface area contributed by atoms with Crippen LogP contribution in [0.25, 0.3) is 0 Å². The largest absolute Gasteiger partial charge is 0.382 e. The molecule has 0 aromatic carbocycles. The zero-order valence-corrected chi connectivity index (χ0v) is 8.85. The number of nitrogens with two attached hydrogens (primary N) is 1. The van der Waals surface area contributed by atoms with Crippen molar-refractivity contribution in [1.82, 2.24) is 9.78 Å². The van der Waals surface area contributed by atoms with Crippen LogP contribution in [0, 0.1) is 5.92 Å². The van der Waals surface area contributed by atoms with Gasteiger partial charge in [-0.15, -0.1) is 0 Å². The third-order valence-electron chi connectivity index (χ3n) is 3.04. The van der Waals surface area contributed by atoms with Crippen molar-refractivity contribution < 1.29 is 4.79 Å². The predicted molar refractivity (Wildman–Crippen MR) is 58.2 cm³/mol. The number of carbonyl (C=O) groups excluding carboxylic acids is 1. The van der Waals surface area contributed by atoms with E-state index < -0.39 is 0 Å². The van der Waals surface area contributed by atoms with Gasteiger partial charge in [-0.2, -0.15) is 5.10 Å². The van der Waals surface area contributed by atoms with Gasteiger partial charge in [-0.1, -0.05) is 19.3 Å². The molecule has 0 unspecified atom stereocenters. The molecule has 1 aromatic rings. The Balaban J connectivity index is 1.91. The van der Waals surface area contributed by atoms with E-state index in [-0.39, 0.29) is 5.92 Å². The summed E-state index contributed by atoms with van der Waals surface area (Å²) in [5.41, 5.74) is 5.49. The fraction of sp³-hybridized carbons (Fsp3) is 0.636. The summed E-state index contributed by atoms with van der Waals surface area (Å²) >= 11 is 0. The molecule has 4 heteroatoms. The van der Waals surface area contributed by atoms with Gasteiger partial charge in [0.1, 0.15) is 5.82 Å². The summed E-state index contributed by atoms with van der Waals surface area (Å²) in [5.74, 6) is 1.04. The van der Waals surface area contributed by atoms with E-state index in [0.29, 0.717) is 18.1 Å². The van der Waals surface area contributed by atoms with Crippen LogP contribution in [0.2, 0.25) is 0 Å². The molecule has 0 atom stereocenters. The maximum Gasteiger partial charge on any atom is 0.157 e. The van der Waals surface area contributed by atoms with E-state index in [1.165, 1.54) is 19.3 Å². The summed E-state index contributed by atoms with van der Waals surface area (Å²) in [6.07, 6.45) is 7.52. The average molecular weight is 207 g/mol. The second-order valence-electron chi connectivity index (χ2n) is 4.24. The summed E-state index contributed by atoms with van der Waals surface area (Å²) in [6, 6.07) is 1.72. The molecule has 2 N–H and O–H groups in total. The second-order valence-corrected chi connectivity index (χ2v) is 4.24. The lowest BCUT2D eigenvalue weighted by Crippen LogP contribution is -2.22. The molecule has 15 heavy (non-hydrogen) atoms. The Morgan fingerprint density at radius 1 is 1.47 bits per heavy atom. The topological polar surface area (TPSA) is 60.9 Å². The lowest BCUT2D eigenvalue weighted by atomic mass is 9.86. The molecule has 0 bridgehead atoms. The van der Waals surface area contributed by atoms with Gasteiger partial charge in [-0.25, -0.2) is 0 Å². The maximum atomic E-state index is 11.9. The smallest absolute Gasteiger partial charge is 0.157 e. The van der Waals surface area contributed by atoms with Crippen LogP contribution in [-0.4, -0.2) is 15.6 Å². The average Bonchev–Trinajstić information content (AvgIpc) is 2.65. The molecule has 0 spiro atoms. The van der Waals surface area contributed by atoms with E-state index in [9.17, 15) is 4.79 Å². The Morgan fingerprint density at radius 3 is 2.80 bits per heavy atom. The van der Waals surface area contributed by atoms with Gasteiger partial charge in [-0.05, 0) is 18.9 Å². The third-order valence-corrected chi connectivity index (χ3v) is 3.04. The molecule has 1 heterocycles. The monoisotopic (exact) mass is 207 g/mol. The van der Waals surface area contributed by atoms with Crippen molar-refractivity contribution in [3.8, 4) is 0 Å². The van der Waals surface area contributed by atoms with Crippen molar-refractivity contribution in [1.29, 1.82) is 0 Å². The Bertz CT molecular complexity index is 339. The number of ketones is 1. The first-order valence-corrected chi connectivity index (χ1v) is 5.57. The van der Waals surface area contributed by atoms with E-state index in [1.54, 1.807) is 16.9 Å². The Labute approximate surface area is 89.5 Å². The molecule has 2 rings (SSSR count). The van der Waals surface area contributed by atoms with Crippen LogP contribution in [-0.2, 0) is 11.3 Å². The number of nitrogen functional groups attached to an aromatic ring is 1. The van der Waals surface area contributed by atoms with Gasteiger partial charge >= 0.3 is 0 Å². The van der Waals surface area contributed by atoms with Gasteiger partial charge in [0.05, 0.1) is 6.54 Å². The van der Waals surface area contributed by atoms with Crippen LogP contribution in [0.4, 0.5) is 5.82 Å². The minimum atomic E-state index is 0.254. The lowest BCUT2D eigenvalue weighted by molar-refractivity contribution is -0.124. The highest BCUT2D eigenvalue weighted by molar-refractivity contribution is 5.80. The zero-order valence-electron chi connectivity index (χ0n) is 8.85. The van der Waals surface area contributed by atoms with Crippen LogP contribution < -0.4 is 5.73 Å². The van der Waals surface area contributed by atoms with Crippen LogP contribution in [0.1, 0.15) is 32.1 Å². The minimum Gasteiger partial charge on any atom is -0.382 e. The van der Waals surface area contributed by atoms with Crippen molar-refractivity contribution in [2.45, 2.75) is 38.6 Å². The van der Waals surface area contributed by atoms with E-state index >= 15 is 0 Å². The highest BCUT2D eigenvalue weighted by atomic mass is 16.1. The Morgan fingerprint density at radius 2 is 2.20 bits per heavy atom. The number of hydrogen-bond donors (Lipinski definition) is 1. The third kappa shape index (κ3) is 2.58. The van der Waals surface area contributed by atoms with Gasteiger partial charge in [0.2, 0.25) is 0 Å².